The van der Waals surface area contributed by atoms with E-state index in [0.717, 1.165) is 5.56 Å². The van der Waals surface area contributed by atoms with Gasteiger partial charge in [-0.25, -0.2) is 9.37 Å². The summed E-state index contributed by atoms with van der Waals surface area (Å²) in [5, 5.41) is 13.3. The Balaban J connectivity index is 2.07. The lowest BCUT2D eigenvalue weighted by molar-refractivity contribution is 0.160. The van der Waals surface area contributed by atoms with Gasteiger partial charge in [-0.2, -0.15) is 0 Å². The Labute approximate surface area is 112 Å². The summed E-state index contributed by atoms with van der Waals surface area (Å²) >= 11 is 0. The van der Waals surface area contributed by atoms with Crippen LogP contribution in [0.4, 0.5) is 10.2 Å². The second-order valence-corrected chi connectivity index (χ2v) is 4.65. The van der Waals surface area contributed by atoms with Crippen LogP contribution in [0.15, 0.2) is 42.6 Å². The number of aliphatic hydroxyl groups is 1. The highest BCUT2D eigenvalue weighted by molar-refractivity contribution is 5.38. The fraction of sp³-hybridized carbons (Fsp3) is 0.267. The van der Waals surface area contributed by atoms with Crippen molar-refractivity contribution in [3.8, 4) is 0 Å². The maximum absolute atomic E-state index is 12.8. The van der Waals surface area contributed by atoms with Crippen molar-refractivity contribution in [1.29, 1.82) is 0 Å². The summed E-state index contributed by atoms with van der Waals surface area (Å²) < 4.78 is 12.8. The fourth-order valence-electron chi connectivity index (χ4n) is 1.88. The molecule has 19 heavy (non-hydrogen) atoms. The minimum atomic E-state index is -0.720. The van der Waals surface area contributed by atoms with Crippen LogP contribution < -0.4 is 5.32 Å². The molecule has 0 spiro atoms. The molecule has 2 aromatic rings. The number of pyridine rings is 1. The molecule has 1 aromatic heterocycles. The molecule has 4 heteroatoms. The maximum Gasteiger partial charge on any atom is 0.126 e. The monoisotopic (exact) mass is 260 g/mol. The van der Waals surface area contributed by atoms with E-state index in [2.05, 4.69) is 10.3 Å². The largest absolute Gasteiger partial charge is 0.386 e. The van der Waals surface area contributed by atoms with Crippen LogP contribution in [0.1, 0.15) is 24.2 Å². The maximum atomic E-state index is 12.8. The lowest BCUT2D eigenvalue weighted by Crippen LogP contribution is -2.24. The smallest absolute Gasteiger partial charge is 0.126 e. The molecule has 0 amide bonds. The van der Waals surface area contributed by atoms with Crippen molar-refractivity contribution in [2.24, 2.45) is 0 Å². The third-order valence-electron chi connectivity index (χ3n) is 2.98. The van der Waals surface area contributed by atoms with E-state index in [-0.39, 0.29) is 11.9 Å². The minimum Gasteiger partial charge on any atom is -0.386 e. The van der Waals surface area contributed by atoms with E-state index in [4.69, 9.17) is 0 Å². The minimum absolute atomic E-state index is 0.222. The van der Waals surface area contributed by atoms with E-state index in [0.29, 0.717) is 11.4 Å². The topological polar surface area (TPSA) is 45.2 Å². The van der Waals surface area contributed by atoms with Crippen LogP contribution in [0.5, 0.6) is 0 Å². The molecule has 0 aliphatic heterocycles. The van der Waals surface area contributed by atoms with Gasteiger partial charge in [0.1, 0.15) is 11.6 Å². The van der Waals surface area contributed by atoms with Crippen LogP contribution in [0, 0.1) is 12.7 Å². The van der Waals surface area contributed by atoms with Gasteiger partial charge in [0.2, 0.25) is 0 Å². The standard InChI is InChI=1S/C15H17FN2O/c1-10-7-8-17-14(9-10)18-11(2)15(19)12-3-5-13(16)6-4-12/h3-9,11,15,19H,1-2H3,(H,17,18). The van der Waals surface area contributed by atoms with Gasteiger partial charge in [-0.15, -0.1) is 0 Å². The van der Waals surface area contributed by atoms with Crippen molar-refractivity contribution >= 4 is 5.82 Å². The van der Waals surface area contributed by atoms with Gasteiger partial charge in [0.15, 0.2) is 0 Å². The highest BCUT2D eigenvalue weighted by Gasteiger charge is 2.16. The molecular formula is C15H17FN2O. The van der Waals surface area contributed by atoms with Crippen molar-refractivity contribution in [2.75, 3.05) is 5.32 Å². The van der Waals surface area contributed by atoms with Gasteiger partial charge in [-0.1, -0.05) is 12.1 Å². The average molecular weight is 260 g/mol. The second-order valence-electron chi connectivity index (χ2n) is 4.65. The molecule has 2 N–H and O–H groups in total. The Hall–Kier alpha value is -1.94. The van der Waals surface area contributed by atoms with E-state index in [1.165, 1.54) is 12.1 Å². The summed E-state index contributed by atoms with van der Waals surface area (Å²) in [6, 6.07) is 9.45. The average Bonchev–Trinajstić information content (AvgIpc) is 2.39. The van der Waals surface area contributed by atoms with Gasteiger partial charge in [0.25, 0.3) is 0 Å². The third-order valence-corrected chi connectivity index (χ3v) is 2.98. The number of halogens is 1. The number of aromatic nitrogens is 1. The summed E-state index contributed by atoms with van der Waals surface area (Å²) in [7, 11) is 0. The predicted octanol–water partition coefficient (Wildman–Crippen LogP) is 3.06. The number of rotatable bonds is 4. The van der Waals surface area contributed by atoms with Crippen molar-refractivity contribution < 1.29 is 9.50 Å². The van der Waals surface area contributed by atoms with Gasteiger partial charge in [-0.3, -0.25) is 0 Å². The highest BCUT2D eigenvalue weighted by atomic mass is 19.1. The van der Waals surface area contributed by atoms with Gasteiger partial charge < -0.3 is 10.4 Å². The number of benzene rings is 1. The third kappa shape index (κ3) is 3.51. The molecule has 2 atom stereocenters. The summed E-state index contributed by atoms with van der Waals surface area (Å²) in [6.45, 7) is 3.84. The zero-order valence-electron chi connectivity index (χ0n) is 11.0. The summed E-state index contributed by atoms with van der Waals surface area (Å²) in [5.41, 5.74) is 1.77. The SMILES string of the molecule is Cc1ccnc(NC(C)C(O)c2ccc(F)cc2)c1. The second kappa shape index (κ2) is 5.80. The Morgan fingerprint density at radius 3 is 2.53 bits per heavy atom. The van der Waals surface area contributed by atoms with E-state index in [1.54, 1.807) is 18.3 Å². The molecule has 0 saturated carbocycles. The van der Waals surface area contributed by atoms with Crippen LogP contribution in [0.25, 0.3) is 0 Å². The molecule has 0 saturated heterocycles. The van der Waals surface area contributed by atoms with Gasteiger partial charge in [0.05, 0.1) is 12.1 Å². The van der Waals surface area contributed by atoms with Crippen LogP contribution in [0.3, 0.4) is 0 Å². The quantitative estimate of drug-likeness (QED) is 0.888. The number of aryl methyl sites for hydroxylation is 1. The number of nitrogens with zero attached hydrogens (tertiary/aromatic N) is 1. The van der Waals surface area contributed by atoms with Crippen LogP contribution in [-0.2, 0) is 0 Å². The van der Waals surface area contributed by atoms with Crippen molar-refractivity contribution in [1.82, 2.24) is 4.98 Å². The van der Waals surface area contributed by atoms with E-state index < -0.39 is 6.10 Å². The normalized spacial score (nSPS) is 13.9. The first-order valence-electron chi connectivity index (χ1n) is 6.19. The highest BCUT2D eigenvalue weighted by Crippen LogP contribution is 2.20. The zero-order valence-corrected chi connectivity index (χ0v) is 11.0. The Morgan fingerprint density at radius 1 is 1.21 bits per heavy atom. The molecule has 0 radical (unpaired) electrons. The molecule has 2 unspecified atom stereocenters. The summed E-state index contributed by atoms with van der Waals surface area (Å²) in [6.07, 6.45) is 0.997. The molecule has 3 nitrogen and oxygen atoms in total. The number of hydrogen-bond acceptors (Lipinski definition) is 3. The first-order chi connectivity index (χ1) is 9.06. The lowest BCUT2D eigenvalue weighted by Gasteiger charge is -2.21. The lowest BCUT2D eigenvalue weighted by atomic mass is 10.0. The summed E-state index contributed by atoms with van der Waals surface area (Å²) in [4.78, 5) is 4.19. The fourth-order valence-corrected chi connectivity index (χ4v) is 1.88. The van der Waals surface area contributed by atoms with Crippen molar-refractivity contribution in [2.45, 2.75) is 26.0 Å². The van der Waals surface area contributed by atoms with E-state index >= 15 is 0 Å². The zero-order chi connectivity index (χ0) is 13.8. The number of hydrogen-bond donors (Lipinski definition) is 2. The molecule has 2 rings (SSSR count). The summed E-state index contributed by atoms with van der Waals surface area (Å²) in [5.74, 6) is 0.408. The molecule has 0 aliphatic rings. The molecule has 0 bridgehead atoms. The first kappa shape index (κ1) is 13.5. The van der Waals surface area contributed by atoms with Crippen LogP contribution in [0.2, 0.25) is 0 Å². The van der Waals surface area contributed by atoms with Crippen LogP contribution >= 0.6 is 0 Å². The Kier molecular flexibility index (Phi) is 4.12. The number of anilines is 1. The molecule has 0 aliphatic carbocycles. The molecule has 100 valence electrons. The van der Waals surface area contributed by atoms with E-state index in [1.807, 2.05) is 26.0 Å². The molecular weight excluding hydrogens is 243 g/mol. The van der Waals surface area contributed by atoms with Crippen LogP contribution in [-0.4, -0.2) is 16.1 Å². The van der Waals surface area contributed by atoms with Crippen molar-refractivity contribution in [3.63, 3.8) is 0 Å². The first-order valence-corrected chi connectivity index (χ1v) is 6.19. The molecule has 1 heterocycles. The number of nitrogens with one attached hydrogen (secondary N) is 1. The molecule has 1 aromatic carbocycles. The predicted molar refractivity (Wildman–Crippen MR) is 73.4 cm³/mol. The van der Waals surface area contributed by atoms with Gasteiger partial charge in [-0.05, 0) is 49.2 Å². The number of aliphatic hydroxyl groups excluding tert-OH is 1. The molecule has 0 fully saturated rings. The van der Waals surface area contributed by atoms with E-state index in [9.17, 15) is 9.50 Å². The van der Waals surface area contributed by atoms with Gasteiger partial charge >= 0.3 is 0 Å². The Morgan fingerprint density at radius 2 is 1.89 bits per heavy atom. The Bertz CT molecular complexity index is 542. The van der Waals surface area contributed by atoms with Gasteiger partial charge in [0, 0.05) is 6.20 Å². The van der Waals surface area contributed by atoms with Crippen molar-refractivity contribution in [3.05, 3.63) is 59.5 Å².